The van der Waals surface area contributed by atoms with Crippen molar-refractivity contribution in [2.45, 2.75) is 82.8 Å². The molecule has 0 N–H and O–H groups in total. The predicted octanol–water partition coefficient (Wildman–Crippen LogP) is 4.92. The summed E-state index contributed by atoms with van der Waals surface area (Å²) in [7, 11) is 0. The molecule has 2 saturated carbocycles. The lowest BCUT2D eigenvalue weighted by atomic mass is 9.65. The molecule has 17 heavy (non-hydrogen) atoms. The summed E-state index contributed by atoms with van der Waals surface area (Å²) in [6.45, 7) is 6.99. The van der Waals surface area contributed by atoms with Crippen LogP contribution >= 0.6 is 15.9 Å². The Morgan fingerprint density at radius 3 is 2.53 bits per heavy atom. The van der Waals surface area contributed by atoms with Gasteiger partial charge in [0.05, 0.1) is 12.2 Å². The Bertz CT molecular complexity index is 253. The van der Waals surface area contributed by atoms with Gasteiger partial charge in [-0.1, -0.05) is 56.0 Å². The quantitative estimate of drug-likeness (QED) is 0.670. The van der Waals surface area contributed by atoms with E-state index in [4.69, 9.17) is 4.74 Å². The predicted molar refractivity (Wildman–Crippen MR) is 76.6 cm³/mol. The summed E-state index contributed by atoms with van der Waals surface area (Å²) in [6.07, 6.45) is 10.2. The second-order valence-corrected chi connectivity index (χ2v) is 7.28. The smallest absolute Gasteiger partial charge is 0.0654 e. The second kappa shape index (κ2) is 5.61. The lowest BCUT2D eigenvalue weighted by molar-refractivity contribution is -0.153. The molecule has 2 aliphatic carbocycles. The molecule has 0 aromatic rings. The lowest BCUT2D eigenvalue weighted by Crippen LogP contribution is -2.55. The molecule has 0 spiro atoms. The molecular weight excluding hydrogens is 276 g/mol. The van der Waals surface area contributed by atoms with Crippen LogP contribution in [0.1, 0.15) is 65.7 Å². The van der Waals surface area contributed by atoms with E-state index >= 15 is 0 Å². The molecule has 0 aromatic heterocycles. The van der Waals surface area contributed by atoms with Crippen LogP contribution in [-0.4, -0.2) is 17.0 Å². The minimum Gasteiger partial charge on any atom is -0.374 e. The van der Waals surface area contributed by atoms with Crippen molar-refractivity contribution in [2.75, 3.05) is 0 Å². The minimum absolute atomic E-state index is 0.371. The molecule has 2 rings (SSSR count). The van der Waals surface area contributed by atoms with Crippen molar-refractivity contribution in [3.05, 3.63) is 0 Å². The van der Waals surface area contributed by atoms with Gasteiger partial charge >= 0.3 is 0 Å². The molecule has 0 radical (unpaired) electrons. The van der Waals surface area contributed by atoms with E-state index in [1.807, 2.05) is 0 Å². The zero-order valence-electron chi connectivity index (χ0n) is 11.5. The van der Waals surface area contributed by atoms with Gasteiger partial charge in [0.2, 0.25) is 0 Å². The van der Waals surface area contributed by atoms with Gasteiger partial charge in [0, 0.05) is 10.2 Å². The maximum Gasteiger partial charge on any atom is 0.0654 e. The first-order chi connectivity index (χ1) is 8.11. The molecule has 1 nitrogen and oxygen atoms in total. The van der Waals surface area contributed by atoms with Crippen LogP contribution in [0.3, 0.4) is 0 Å². The lowest BCUT2D eigenvalue weighted by Gasteiger charge is -2.53. The minimum atomic E-state index is 0.371. The normalized spacial score (nSPS) is 46.6. The molecule has 0 amide bonds. The first-order valence-electron chi connectivity index (χ1n) is 7.41. The molecule has 2 fully saturated rings. The molecule has 2 aliphatic rings. The first-order valence-corrected chi connectivity index (χ1v) is 8.32. The van der Waals surface area contributed by atoms with Crippen LogP contribution < -0.4 is 0 Å². The van der Waals surface area contributed by atoms with E-state index in [0.29, 0.717) is 22.5 Å². The Kier molecular flexibility index (Phi) is 4.57. The first kappa shape index (κ1) is 13.9. The van der Waals surface area contributed by atoms with Crippen LogP contribution in [0.15, 0.2) is 0 Å². The summed E-state index contributed by atoms with van der Waals surface area (Å²) in [4.78, 5) is 0.661. The summed E-state index contributed by atoms with van der Waals surface area (Å²) in [5.74, 6) is 0.819. The average Bonchev–Trinajstić information content (AvgIpc) is 2.37. The van der Waals surface area contributed by atoms with E-state index in [1.165, 1.54) is 44.9 Å². The highest BCUT2D eigenvalue weighted by Gasteiger charge is 2.51. The molecular formula is C15H27BrO. The molecule has 5 atom stereocenters. The molecule has 0 saturated heterocycles. The number of hydrogen-bond donors (Lipinski definition) is 0. The zero-order valence-corrected chi connectivity index (χ0v) is 13.1. The van der Waals surface area contributed by atoms with Crippen molar-refractivity contribution in [1.82, 2.24) is 0 Å². The Morgan fingerprint density at radius 2 is 1.94 bits per heavy atom. The van der Waals surface area contributed by atoms with Gasteiger partial charge in [0.15, 0.2) is 0 Å². The highest BCUT2D eigenvalue weighted by Crippen LogP contribution is 2.51. The standard InChI is InChI=1S/C15H27BrO/c1-4-11-8-6-7-9-12(11)17-14-10-13(16)15(14,3)5-2/h11-14H,4-10H2,1-3H3. The van der Waals surface area contributed by atoms with Crippen LogP contribution in [0.25, 0.3) is 0 Å². The molecule has 0 aromatic carbocycles. The van der Waals surface area contributed by atoms with Crippen molar-refractivity contribution in [3.63, 3.8) is 0 Å². The number of rotatable bonds is 4. The summed E-state index contributed by atoms with van der Waals surface area (Å²) in [6, 6.07) is 0. The maximum absolute atomic E-state index is 6.48. The monoisotopic (exact) mass is 302 g/mol. The van der Waals surface area contributed by atoms with Crippen LogP contribution in [-0.2, 0) is 4.74 Å². The van der Waals surface area contributed by atoms with Gasteiger partial charge in [-0.05, 0) is 31.6 Å². The van der Waals surface area contributed by atoms with E-state index in [1.54, 1.807) is 0 Å². The number of halogens is 1. The Balaban J connectivity index is 1.92. The highest BCUT2D eigenvalue weighted by atomic mass is 79.9. The molecule has 100 valence electrons. The zero-order chi connectivity index (χ0) is 12.5. The average molecular weight is 303 g/mol. The third-order valence-electron chi connectivity index (χ3n) is 5.34. The number of alkyl halides is 1. The Hall–Kier alpha value is 0.440. The van der Waals surface area contributed by atoms with Gasteiger partial charge in [-0.25, -0.2) is 0 Å². The summed E-state index contributed by atoms with van der Waals surface area (Å²) >= 11 is 3.80. The SMILES string of the molecule is CCC1CCCCC1OC1CC(Br)C1(C)CC. The van der Waals surface area contributed by atoms with Gasteiger partial charge in [0.25, 0.3) is 0 Å². The van der Waals surface area contributed by atoms with E-state index in [9.17, 15) is 0 Å². The third kappa shape index (κ3) is 2.58. The van der Waals surface area contributed by atoms with E-state index in [0.717, 1.165) is 5.92 Å². The van der Waals surface area contributed by atoms with Crippen molar-refractivity contribution in [3.8, 4) is 0 Å². The van der Waals surface area contributed by atoms with Crippen molar-refractivity contribution in [2.24, 2.45) is 11.3 Å². The third-order valence-corrected chi connectivity index (χ3v) is 6.76. The Labute approximate surface area is 115 Å². The molecule has 2 heteroatoms. The molecule has 0 bridgehead atoms. The van der Waals surface area contributed by atoms with Crippen molar-refractivity contribution >= 4 is 15.9 Å². The van der Waals surface area contributed by atoms with Gasteiger partial charge in [-0.3, -0.25) is 0 Å². The topological polar surface area (TPSA) is 9.23 Å². The van der Waals surface area contributed by atoms with Crippen LogP contribution in [0.2, 0.25) is 0 Å². The Morgan fingerprint density at radius 1 is 1.24 bits per heavy atom. The largest absolute Gasteiger partial charge is 0.374 e. The van der Waals surface area contributed by atoms with Crippen LogP contribution in [0.4, 0.5) is 0 Å². The summed E-state index contributed by atoms with van der Waals surface area (Å²) in [5.41, 5.74) is 0.371. The van der Waals surface area contributed by atoms with Gasteiger partial charge in [-0.2, -0.15) is 0 Å². The number of ether oxygens (including phenoxy) is 1. The van der Waals surface area contributed by atoms with Gasteiger partial charge < -0.3 is 4.74 Å². The van der Waals surface area contributed by atoms with E-state index < -0.39 is 0 Å². The highest BCUT2D eigenvalue weighted by molar-refractivity contribution is 9.09. The number of hydrogen-bond acceptors (Lipinski definition) is 1. The fraction of sp³-hybridized carbons (Fsp3) is 1.00. The van der Waals surface area contributed by atoms with Crippen molar-refractivity contribution < 1.29 is 4.74 Å². The van der Waals surface area contributed by atoms with Gasteiger partial charge in [-0.15, -0.1) is 0 Å². The second-order valence-electron chi connectivity index (χ2n) is 6.18. The fourth-order valence-electron chi connectivity index (χ4n) is 3.46. The van der Waals surface area contributed by atoms with Crippen LogP contribution in [0.5, 0.6) is 0 Å². The summed E-state index contributed by atoms with van der Waals surface area (Å²) in [5, 5.41) is 0. The van der Waals surface area contributed by atoms with Crippen molar-refractivity contribution in [1.29, 1.82) is 0 Å². The van der Waals surface area contributed by atoms with E-state index in [-0.39, 0.29) is 0 Å². The molecule has 0 heterocycles. The fourth-order valence-corrected chi connectivity index (χ4v) is 4.42. The summed E-state index contributed by atoms with van der Waals surface area (Å²) < 4.78 is 6.48. The maximum atomic E-state index is 6.48. The van der Waals surface area contributed by atoms with Gasteiger partial charge in [0.1, 0.15) is 0 Å². The van der Waals surface area contributed by atoms with Crippen LogP contribution in [0, 0.1) is 11.3 Å². The molecule has 5 unspecified atom stereocenters. The van der Waals surface area contributed by atoms with E-state index in [2.05, 4.69) is 36.7 Å². The molecule has 0 aliphatic heterocycles.